The molecule has 2 aromatic carbocycles. The van der Waals surface area contributed by atoms with Crippen molar-refractivity contribution in [3.8, 4) is 17.4 Å². The van der Waals surface area contributed by atoms with E-state index in [9.17, 15) is 17.6 Å². The van der Waals surface area contributed by atoms with Gasteiger partial charge in [-0.25, -0.2) is 13.9 Å². The largest absolute Gasteiger partial charge is 0.434 e. The van der Waals surface area contributed by atoms with E-state index in [2.05, 4.69) is 14.9 Å². The van der Waals surface area contributed by atoms with E-state index in [4.69, 9.17) is 9.47 Å². The number of aromatic nitrogens is 2. The summed E-state index contributed by atoms with van der Waals surface area (Å²) in [5.74, 6) is -2.19. The molecule has 13 heteroatoms. The van der Waals surface area contributed by atoms with E-state index in [1.165, 1.54) is 54.5 Å². The number of carbonyl (C=O) groups excluding carboxylic acids is 1. The Hall–Kier alpha value is -3.84. The van der Waals surface area contributed by atoms with Crippen molar-refractivity contribution >= 4 is 22.0 Å². The molecule has 2 N–H and O–H groups in total. The Kier molecular flexibility index (Phi) is 6.30. The van der Waals surface area contributed by atoms with Crippen LogP contribution in [0.3, 0.4) is 0 Å². The topological polar surface area (TPSA) is 123 Å². The third-order valence-electron chi connectivity index (χ3n) is 5.13. The molecule has 0 saturated carbocycles. The van der Waals surface area contributed by atoms with Crippen molar-refractivity contribution in [2.45, 2.75) is 19.5 Å². The summed E-state index contributed by atoms with van der Waals surface area (Å²) in [6.45, 7) is 1.38. The van der Waals surface area contributed by atoms with E-state index in [1.807, 2.05) is 4.72 Å². The van der Waals surface area contributed by atoms with Crippen molar-refractivity contribution in [1.29, 1.82) is 0 Å². The Bertz CT molecular complexity index is 1340. The molecule has 1 aromatic heterocycles. The third-order valence-corrected chi connectivity index (χ3v) is 6.15. The predicted molar refractivity (Wildman–Crippen MR) is 116 cm³/mol. The lowest BCUT2D eigenvalue weighted by Crippen LogP contribution is -2.39. The minimum atomic E-state index is -3.95. The van der Waals surface area contributed by atoms with Gasteiger partial charge in [-0.15, -0.1) is 5.10 Å². The maximum absolute atomic E-state index is 15.0. The summed E-state index contributed by atoms with van der Waals surface area (Å²) in [5, 5.41) is 7.37. The van der Waals surface area contributed by atoms with Crippen LogP contribution in [0.1, 0.15) is 24.1 Å². The van der Waals surface area contributed by atoms with Gasteiger partial charge in [0.1, 0.15) is 0 Å². The van der Waals surface area contributed by atoms with Crippen LogP contribution in [0.25, 0.3) is 0 Å². The van der Waals surface area contributed by atoms with Gasteiger partial charge in [0.2, 0.25) is 11.7 Å². The molecule has 1 aliphatic heterocycles. The fraction of sp³-hybridized carbons (Fsp3) is 0.190. The molecule has 10 nitrogen and oxygen atoms in total. The van der Waals surface area contributed by atoms with Crippen molar-refractivity contribution < 1.29 is 31.5 Å². The zero-order valence-electron chi connectivity index (χ0n) is 18.0. The first-order valence-corrected chi connectivity index (χ1v) is 11.4. The highest BCUT2D eigenvalue weighted by Crippen LogP contribution is 2.41. The van der Waals surface area contributed by atoms with Crippen LogP contribution < -0.4 is 18.9 Å². The maximum Gasteiger partial charge on any atom is 0.416 e. The first-order valence-electron chi connectivity index (χ1n) is 9.95. The molecular weight excluding hydrogens is 472 g/mol. The minimum Gasteiger partial charge on any atom is -0.434 e. The van der Waals surface area contributed by atoms with E-state index in [1.54, 1.807) is 13.0 Å². The Morgan fingerprint density at radius 3 is 2.65 bits per heavy atom. The number of carbonyl (C=O) groups is 1. The Morgan fingerprint density at radius 2 is 1.94 bits per heavy atom. The summed E-state index contributed by atoms with van der Waals surface area (Å²) in [5.41, 5.74) is 0.0878. The minimum absolute atomic E-state index is 0.0339. The molecule has 0 aliphatic carbocycles. The number of rotatable bonds is 7. The van der Waals surface area contributed by atoms with Crippen molar-refractivity contribution in [3.63, 3.8) is 0 Å². The molecule has 0 bridgehead atoms. The van der Waals surface area contributed by atoms with Crippen molar-refractivity contribution in [2.75, 3.05) is 11.8 Å². The van der Waals surface area contributed by atoms with Gasteiger partial charge in [0.25, 0.3) is 10.2 Å². The van der Waals surface area contributed by atoms with E-state index in [-0.39, 0.29) is 35.2 Å². The first-order chi connectivity index (χ1) is 16.2. The van der Waals surface area contributed by atoms with Gasteiger partial charge in [0.15, 0.2) is 17.3 Å². The molecule has 3 aromatic rings. The number of hydrogen-bond acceptors (Lipinski definition) is 7. The van der Waals surface area contributed by atoms with Gasteiger partial charge >= 0.3 is 6.09 Å². The second-order valence-corrected chi connectivity index (χ2v) is 8.84. The van der Waals surface area contributed by atoms with E-state index < -0.39 is 34.0 Å². The molecule has 34 heavy (non-hydrogen) atoms. The van der Waals surface area contributed by atoms with Crippen LogP contribution in [0.2, 0.25) is 0 Å². The van der Waals surface area contributed by atoms with Crippen LogP contribution in [0.4, 0.5) is 19.3 Å². The molecule has 1 atom stereocenters. The monoisotopic (exact) mass is 491 g/mol. The van der Waals surface area contributed by atoms with Crippen LogP contribution in [0.15, 0.2) is 48.7 Å². The number of anilines is 1. The predicted octanol–water partition coefficient (Wildman–Crippen LogP) is 3.50. The number of nitrogens with one attached hydrogen (secondary N) is 2. The zero-order valence-corrected chi connectivity index (χ0v) is 18.8. The Labute approximate surface area is 193 Å². The number of hydrogen-bond donors (Lipinski definition) is 2. The molecule has 1 amide bonds. The second-order valence-electron chi connectivity index (χ2n) is 7.22. The standard InChI is InChI=1S/C21H19F2N5O5S/c1-12-14-8-9-16(32-17-7-4-10-25-26-17)19(23)20(14)33-21(29)28(12)11-13-5-3-6-15(18(13)22)27-34(30,31)24-2/h3-10,12,24,27H,11H2,1-2H3/t12-/m1/s1. The average Bonchev–Trinajstić information content (AvgIpc) is 2.81. The SMILES string of the molecule is CNS(=O)(=O)Nc1cccc(CN2C(=O)Oc3c(ccc(Oc4cccnn4)c3F)[C@H]2C)c1F. The normalized spacial score (nSPS) is 15.5. The third kappa shape index (κ3) is 4.61. The number of benzene rings is 2. The fourth-order valence-corrected chi connectivity index (χ4v) is 3.90. The molecule has 0 fully saturated rings. The Morgan fingerprint density at radius 1 is 1.15 bits per heavy atom. The highest BCUT2D eigenvalue weighted by molar-refractivity contribution is 7.90. The second kappa shape index (κ2) is 9.19. The summed E-state index contributed by atoms with van der Waals surface area (Å²) in [4.78, 5) is 13.9. The quantitative estimate of drug-likeness (QED) is 0.519. The maximum atomic E-state index is 15.0. The fourth-order valence-electron chi connectivity index (χ4n) is 3.35. The van der Waals surface area contributed by atoms with E-state index >= 15 is 4.39 Å². The smallest absolute Gasteiger partial charge is 0.416 e. The molecule has 0 spiro atoms. The summed E-state index contributed by atoms with van der Waals surface area (Å²) >= 11 is 0. The zero-order chi connectivity index (χ0) is 24.5. The van der Waals surface area contributed by atoms with Gasteiger partial charge in [-0.05, 0) is 31.2 Å². The van der Waals surface area contributed by atoms with Crippen molar-refractivity contribution in [1.82, 2.24) is 19.8 Å². The van der Waals surface area contributed by atoms with E-state index in [0.29, 0.717) is 5.56 Å². The van der Waals surface area contributed by atoms with E-state index in [0.717, 1.165) is 0 Å². The van der Waals surface area contributed by atoms with Crippen LogP contribution in [-0.2, 0) is 16.8 Å². The summed E-state index contributed by atoms with van der Waals surface area (Å²) in [6.07, 6.45) is 0.527. The van der Waals surface area contributed by atoms with Crippen LogP contribution >= 0.6 is 0 Å². The summed E-state index contributed by atoms with van der Waals surface area (Å²) in [6, 6.07) is 9.35. The average molecular weight is 491 g/mol. The van der Waals surface area contributed by atoms with Crippen LogP contribution in [0.5, 0.6) is 17.4 Å². The van der Waals surface area contributed by atoms with Crippen LogP contribution in [-0.4, -0.2) is 36.7 Å². The van der Waals surface area contributed by atoms with Crippen molar-refractivity contribution in [3.05, 3.63) is 71.4 Å². The molecule has 4 rings (SSSR count). The number of fused-ring (bicyclic) bond motifs is 1. The lowest BCUT2D eigenvalue weighted by molar-refractivity contribution is 0.114. The van der Waals surface area contributed by atoms with Gasteiger partial charge < -0.3 is 9.47 Å². The molecule has 1 aliphatic rings. The van der Waals surface area contributed by atoms with Gasteiger partial charge in [0.05, 0.1) is 18.3 Å². The van der Waals surface area contributed by atoms with Crippen LogP contribution in [0, 0.1) is 11.6 Å². The van der Waals surface area contributed by atoms with Gasteiger partial charge in [0, 0.05) is 30.4 Å². The molecule has 2 heterocycles. The molecule has 0 saturated heterocycles. The molecular formula is C21H19F2N5O5S. The van der Waals surface area contributed by atoms with Gasteiger partial charge in [-0.3, -0.25) is 9.62 Å². The lowest BCUT2D eigenvalue weighted by atomic mass is 10.0. The highest BCUT2D eigenvalue weighted by atomic mass is 32.2. The lowest BCUT2D eigenvalue weighted by Gasteiger charge is -2.34. The molecule has 178 valence electrons. The summed E-state index contributed by atoms with van der Waals surface area (Å²) < 4.78 is 68.1. The molecule has 0 unspecified atom stereocenters. The van der Waals surface area contributed by atoms with Gasteiger partial charge in [-0.2, -0.15) is 17.9 Å². The van der Waals surface area contributed by atoms with Crippen molar-refractivity contribution in [2.24, 2.45) is 0 Å². The summed E-state index contributed by atoms with van der Waals surface area (Å²) in [7, 11) is -2.77. The highest BCUT2D eigenvalue weighted by Gasteiger charge is 2.35. The number of ether oxygens (including phenoxy) is 2. The van der Waals surface area contributed by atoms with Gasteiger partial charge in [-0.1, -0.05) is 12.1 Å². The number of nitrogens with zero attached hydrogens (tertiary/aromatic N) is 3. The molecule has 0 radical (unpaired) electrons. The Balaban J connectivity index is 1.60. The first kappa shape index (κ1) is 23.3. The number of halogens is 2. The number of amides is 1.